The van der Waals surface area contributed by atoms with Gasteiger partial charge in [0.1, 0.15) is 5.82 Å². The van der Waals surface area contributed by atoms with Gasteiger partial charge in [0.2, 0.25) is 0 Å². The molecule has 0 aliphatic heterocycles. The van der Waals surface area contributed by atoms with Crippen molar-refractivity contribution in [2.75, 3.05) is 18.9 Å². The molecule has 1 N–H and O–H groups in total. The lowest BCUT2D eigenvalue weighted by Crippen LogP contribution is -2.29. The molecule has 0 unspecified atom stereocenters. The first-order valence-corrected chi connectivity index (χ1v) is 8.12. The number of likely N-dealkylation sites (N-methyl/N-ethyl adjacent to an activating group) is 1. The summed E-state index contributed by atoms with van der Waals surface area (Å²) in [6.45, 7) is 0.570. The monoisotopic (exact) mass is 351 g/mol. The fourth-order valence-corrected chi connectivity index (χ4v) is 2.34. The topological polar surface area (TPSA) is 71.0 Å². The number of hydrogen-bond acceptors (Lipinski definition) is 5. The Hall–Kier alpha value is -3.35. The average molecular weight is 351 g/mol. The minimum atomic E-state index is -0.308. The van der Waals surface area contributed by atoms with Gasteiger partial charge in [0.05, 0.1) is 0 Å². The van der Waals surface area contributed by atoms with E-state index in [2.05, 4.69) is 20.5 Å². The molecular formula is C19H18FN5O. The van der Waals surface area contributed by atoms with Gasteiger partial charge in [-0.15, -0.1) is 10.2 Å². The molecule has 2 heterocycles. The molecule has 0 spiro atoms. The van der Waals surface area contributed by atoms with Crippen LogP contribution in [0.3, 0.4) is 0 Å². The third kappa shape index (κ3) is 4.60. The maximum absolute atomic E-state index is 12.9. The molecule has 1 aromatic carbocycles. The van der Waals surface area contributed by atoms with E-state index in [4.69, 9.17) is 0 Å². The molecule has 132 valence electrons. The maximum atomic E-state index is 12.9. The Morgan fingerprint density at radius 3 is 2.42 bits per heavy atom. The van der Waals surface area contributed by atoms with Crippen molar-refractivity contribution in [2.45, 2.75) is 6.42 Å². The molecule has 2 aromatic heterocycles. The van der Waals surface area contributed by atoms with Crippen LogP contribution < -0.4 is 5.32 Å². The number of hydrogen-bond donors (Lipinski definition) is 1. The molecule has 0 aliphatic carbocycles. The molecule has 0 atom stereocenters. The first kappa shape index (κ1) is 17.5. The van der Waals surface area contributed by atoms with Crippen LogP contribution >= 0.6 is 0 Å². The molecular weight excluding hydrogens is 333 g/mol. The van der Waals surface area contributed by atoms with Crippen LogP contribution in [0.5, 0.6) is 0 Å². The van der Waals surface area contributed by atoms with Crippen LogP contribution in [-0.4, -0.2) is 39.6 Å². The number of benzene rings is 1. The molecule has 7 heteroatoms. The lowest BCUT2D eigenvalue weighted by atomic mass is 10.2. The van der Waals surface area contributed by atoms with Gasteiger partial charge in [0, 0.05) is 31.7 Å². The predicted octanol–water partition coefficient (Wildman–Crippen LogP) is 3.07. The number of rotatable bonds is 6. The van der Waals surface area contributed by atoms with Crippen LogP contribution in [0.1, 0.15) is 16.1 Å². The summed E-state index contributed by atoms with van der Waals surface area (Å²) in [5.41, 5.74) is 2.07. The quantitative estimate of drug-likeness (QED) is 0.739. The summed E-state index contributed by atoms with van der Waals surface area (Å²) in [5.74, 6) is -0.0233. The molecule has 26 heavy (non-hydrogen) atoms. The SMILES string of the molecule is CN(CCc1ccncc1)C(=O)c1ccc(Nc2ccc(F)cc2)nn1. The Bertz CT molecular complexity index is 853. The van der Waals surface area contributed by atoms with Crippen molar-refractivity contribution in [3.8, 4) is 0 Å². The summed E-state index contributed by atoms with van der Waals surface area (Å²) in [5, 5.41) is 11.0. The van der Waals surface area contributed by atoms with Crippen molar-refractivity contribution < 1.29 is 9.18 Å². The van der Waals surface area contributed by atoms with Gasteiger partial charge in [-0.2, -0.15) is 0 Å². The van der Waals surface area contributed by atoms with E-state index in [0.717, 1.165) is 12.0 Å². The van der Waals surface area contributed by atoms with Gasteiger partial charge < -0.3 is 10.2 Å². The minimum Gasteiger partial charge on any atom is -0.340 e. The van der Waals surface area contributed by atoms with Crippen molar-refractivity contribution in [3.63, 3.8) is 0 Å². The fourth-order valence-electron chi connectivity index (χ4n) is 2.34. The molecule has 0 saturated carbocycles. The zero-order valence-corrected chi connectivity index (χ0v) is 14.3. The third-order valence-corrected chi connectivity index (χ3v) is 3.83. The van der Waals surface area contributed by atoms with Crippen LogP contribution in [0.25, 0.3) is 0 Å². The molecule has 0 aliphatic rings. The highest BCUT2D eigenvalue weighted by Crippen LogP contribution is 2.14. The summed E-state index contributed by atoms with van der Waals surface area (Å²) >= 11 is 0. The number of amides is 1. The number of carbonyl (C=O) groups excluding carboxylic acids is 1. The van der Waals surface area contributed by atoms with Crippen LogP contribution in [-0.2, 0) is 6.42 Å². The summed E-state index contributed by atoms with van der Waals surface area (Å²) in [6, 6.07) is 13.0. The number of anilines is 2. The highest BCUT2D eigenvalue weighted by molar-refractivity contribution is 5.92. The predicted molar refractivity (Wildman–Crippen MR) is 96.6 cm³/mol. The lowest BCUT2D eigenvalue weighted by molar-refractivity contribution is 0.0789. The van der Waals surface area contributed by atoms with Crippen molar-refractivity contribution in [3.05, 3.63) is 78.0 Å². The first-order chi connectivity index (χ1) is 12.6. The van der Waals surface area contributed by atoms with E-state index in [-0.39, 0.29) is 17.4 Å². The van der Waals surface area contributed by atoms with Crippen LogP contribution in [0.15, 0.2) is 60.9 Å². The molecule has 3 rings (SSSR count). The molecule has 0 saturated heterocycles. The van der Waals surface area contributed by atoms with Gasteiger partial charge in [-0.05, 0) is 60.5 Å². The number of aromatic nitrogens is 3. The van der Waals surface area contributed by atoms with E-state index in [1.165, 1.54) is 12.1 Å². The Kier molecular flexibility index (Phi) is 5.48. The average Bonchev–Trinajstić information content (AvgIpc) is 2.69. The molecule has 0 fully saturated rings. The van der Waals surface area contributed by atoms with E-state index in [1.54, 1.807) is 48.6 Å². The van der Waals surface area contributed by atoms with Crippen molar-refractivity contribution in [1.82, 2.24) is 20.1 Å². The van der Waals surface area contributed by atoms with Gasteiger partial charge in [0.25, 0.3) is 5.91 Å². The zero-order chi connectivity index (χ0) is 18.4. The normalized spacial score (nSPS) is 10.4. The van der Waals surface area contributed by atoms with Crippen LogP contribution in [0, 0.1) is 5.82 Å². The second kappa shape index (κ2) is 8.15. The summed E-state index contributed by atoms with van der Waals surface area (Å²) in [6.07, 6.45) is 4.20. The third-order valence-electron chi connectivity index (χ3n) is 3.83. The molecule has 0 radical (unpaired) electrons. The number of pyridine rings is 1. The van der Waals surface area contributed by atoms with E-state index in [1.807, 2.05) is 12.1 Å². The minimum absolute atomic E-state index is 0.195. The van der Waals surface area contributed by atoms with Crippen molar-refractivity contribution in [1.29, 1.82) is 0 Å². The molecule has 1 amide bonds. The zero-order valence-electron chi connectivity index (χ0n) is 14.3. The second-order valence-electron chi connectivity index (χ2n) is 5.77. The van der Waals surface area contributed by atoms with Crippen LogP contribution in [0.2, 0.25) is 0 Å². The summed E-state index contributed by atoms with van der Waals surface area (Å²) in [7, 11) is 1.73. The highest BCUT2D eigenvalue weighted by atomic mass is 19.1. The smallest absolute Gasteiger partial charge is 0.274 e. The number of halogens is 1. The maximum Gasteiger partial charge on any atom is 0.274 e. The fraction of sp³-hybridized carbons (Fsp3) is 0.158. The van der Waals surface area contributed by atoms with E-state index in [9.17, 15) is 9.18 Å². The molecule has 3 aromatic rings. The Balaban J connectivity index is 1.58. The van der Waals surface area contributed by atoms with Crippen molar-refractivity contribution >= 4 is 17.4 Å². The van der Waals surface area contributed by atoms with Gasteiger partial charge in [-0.1, -0.05) is 0 Å². The van der Waals surface area contributed by atoms with Gasteiger partial charge in [0.15, 0.2) is 11.5 Å². The van der Waals surface area contributed by atoms with E-state index in [0.29, 0.717) is 18.1 Å². The lowest BCUT2D eigenvalue weighted by Gasteiger charge is -2.16. The molecule has 0 bridgehead atoms. The first-order valence-electron chi connectivity index (χ1n) is 8.12. The van der Waals surface area contributed by atoms with E-state index >= 15 is 0 Å². The van der Waals surface area contributed by atoms with Crippen molar-refractivity contribution in [2.24, 2.45) is 0 Å². The molecule has 6 nitrogen and oxygen atoms in total. The van der Waals surface area contributed by atoms with Gasteiger partial charge >= 0.3 is 0 Å². The van der Waals surface area contributed by atoms with Gasteiger partial charge in [-0.3, -0.25) is 9.78 Å². The highest BCUT2D eigenvalue weighted by Gasteiger charge is 2.13. The Labute approximate surface area is 150 Å². The standard InChI is InChI=1S/C19H18FN5O/c1-25(13-10-14-8-11-21-12-9-14)19(26)17-6-7-18(24-23-17)22-16-4-2-15(20)3-5-16/h2-9,11-12H,10,13H2,1H3,(H,22,24). The summed E-state index contributed by atoms with van der Waals surface area (Å²) < 4.78 is 12.9. The van der Waals surface area contributed by atoms with E-state index < -0.39 is 0 Å². The number of nitrogens with one attached hydrogen (secondary N) is 1. The van der Waals surface area contributed by atoms with Crippen LogP contribution in [0.4, 0.5) is 15.9 Å². The van der Waals surface area contributed by atoms with Gasteiger partial charge in [-0.25, -0.2) is 4.39 Å². The number of nitrogens with zero attached hydrogens (tertiary/aromatic N) is 4. The summed E-state index contributed by atoms with van der Waals surface area (Å²) in [4.78, 5) is 18.0. The largest absolute Gasteiger partial charge is 0.340 e. The second-order valence-corrected chi connectivity index (χ2v) is 5.77. The Morgan fingerprint density at radius 2 is 1.77 bits per heavy atom. The number of carbonyl (C=O) groups is 1. The Morgan fingerprint density at radius 1 is 1.04 bits per heavy atom.